The maximum absolute atomic E-state index is 3.95. The van der Waals surface area contributed by atoms with Crippen molar-refractivity contribution in [3.05, 3.63) is 7.05 Å². The zero-order chi connectivity index (χ0) is 5.28. The minimum absolute atomic E-state index is 0.338. The molecule has 1 nitrogen and oxygen atoms in total. The van der Waals surface area contributed by atoms with Crippen LogP contribution in [-0.4, -0.2) is 18.2 Å². The Bertz CT molecular complexity index is 90.1. The van der Waals surface area contributed by atoms with Crippen LogP contribution in [0.3, 0.4) is 0 Å². The van der Waals surface area contributed by atoms with Gasteiger partial charge < -0.3 is 4.31 Å². The van der Waals surface area contributed by atoms with E-state index < -0.39 is 0 Å². The summed E-state index contributed by atoms with van der Waals surface area (Å²) in [6, 6.07) is 0. The molecule has 0 aromatic carbocycles. The first-order chi connectivity index (χ1) is 3.30. The van der Waals surface area contributed by atoms with Crippen molar-refractivity contribution in [1.82, 2.24) is 0 Å². The molecule has 42 valence electrons. The normalized spacial score (nSPS) is 41.9. The van der Waals surface area contributed by atoms with Crippen LogP contribution in [0.1, 0.15) is 6.42 Å². The van der Waals surface area contributed by atoms with Gasteiger partial charge in [0.1, 0.15) is 0 Å². The molecule has 0 radical (unpaired) electrons. The molecule has 0 aromatic rings. The lowest BCUT2D eigenvalue weighted by atomic mass is 10.5. The van der Waals surface area contributed by atoms with E-state index in [0.29, 0.717) is 10.7 Å². The molecule has 2 unspecified atom stereocenters. The van der Waals surface area contributed by atoms with Crippen molar-refractivity contribution in [2.75, 3.05) is 12.3 Å². The van der Waals surface area contributed by atoms with Crippen molar-refractivity contribution >= 4 is 16.5 Å². The van der Waals surface area contributed by atoms with E-state index in [4.69, 9.17) is 0 Å². The first kappa shape index (κ1) is 5.32. The Hall–Kier alpha value is 0.180. The second-order valence-electron chi connectivity index (χ2n) is 1.84. The van der Waals surface area contributed by atoms with E-state index in [-0.39, 0.29) is 0 Å². The standard InChI is InChI=1S/C5H11NS/c1-6-4-3-5-7(6)2/h6H,1-5H2. The Morgan fingerprint density at radius 2 is 2.43 bits per heavy atom. The topological polar surface area (TPSA) is 4.44 Å². The molecular formula is C5H11NS. The Labute approximate surface area is 47.4 Å². The van der Waals surface area contributed by atoms with Crippen LogP contribution >= 0.6 is 10.7 Å². The molecule has 1 rings (SSSR count). The second-order valence-corrected chi connectivity index (χ2v) is 3.81. The monoisotopic (exact) mass is 117 g/mol. The number of hydrogen-bond acceptors (Lipinski definition) is 0. The van der Waals surface area contributed by atoms with Crippen LogP contribution in [0.4, 0.5) is 0 Å². The van der Waals surface area contributed by atoms with Gasteiger partial charge in [-0.3, -0.25) is 0 Å². The molecule has 7 heavy (non-hydrogen) atoms. The molecule has 0 saturated carbocycles. The van der Waals surface area contributed by atoms with E-state index in [1.165, 1.54) is 23.0 Å². The zero-order valence-corrected chi connectivity index (χ0v) is 5.26. The van der Waals surface area contributed by atoms with E-state index in [1.54, 1.807) is 0 Å². The highest BCUT2D eigenvalue weighted by Gasteiger charge is 2.08. The highest BCUT2D eigenvalue weighted by Crippen LogP contribution is 2.03. The molecule has 1 aliphatic rings. The van der Waals surface area contributed by atoms with Gasteiger partial charge in [-0.1, -0.05) is 0 Å². The third kappa shape index (κ3) is 1.04. The number of rotatable bonds is 0. The molecule has 1 saturated heterocycles. The third-order valence-corrected chi connectivity index (χ3v) is 3.06. The van der Waals surface area contributed by atoms with Crippen LogP contribution in [0, 0.1) is 7.05 Å². The van der Waals surface area contributed by atoms with E-state index in [2.05, 4.69) is 12.9 Å². The van der Waals surface area contributed by atoms with Gasteiger partial charge in [-0.25, -0.2) is 0 Å². The molecule has 1 heterocycles. The smallest absolute Gasteiger partial charge is 0.0637 e. The van der Waals surface area contributed by atoms with E-state index >= 15 is 0 Å². The second kappa shape index (κ2) is 1.97. The lowest BCUT2D eigenvalue weighted by Gasteiger charge is -2.12. The Kier molecular flexibility index (Phi) is 1.50. The van der Waals surface area contributed by atoms with Crippen LogP contribution in [0.15, 0.2) is 0 Å². The summed E-state index contributed by atoms with van der Waals surface area (Å²) in [5, 5.41) is 0. The van der Waals surface area contributed by atoms with Gasteiger partial charge in [-0.05, 0) is 16.5 Å². The number of hydrogen-bond donors (Lipinski definition) is 1. The molecule has 0 aliphatic carbocycles. The summed E-state index contributed by atoms with van der Waals surface area (Å²) < 4.78 is 1.38. The van der Waals surface area contributed by atoms with Gasteiger partial charge in [0, 0.05) is 12.2 Å². The van der Waals surface area contributed by atoms with E-state index in [0.717, 1.165) is 0 Å². The molecule has 1 fully saturated rings. The van der Waals surface area contributed by atoms with Gasteiger partial charge in [0.05, 0.1) is 6.54 Å². The third-order valence-electron chi connectivity index (χ3n) is 1.25. The molecule has 0 amide bonds. The van der Waals surface area contributed by atoms with E-state index in [9.17, 15) is 0 Å². The summed E-state index contributed by atoms with van der Waals surface area (Å²) in [6.07, 6.45) is 1.32. The zero-order valence-electron chi connectivity index (χ0n) is 4.44. The van der Waals surface area contributed by atoms with Crippen molar-refractivity contribution in [3.63, 3.8) is 0 Å². The van der Waals surface area contributed by atoms with E-state index in [1.807, 2.05) is 0 Å². The Morgan fingerprint density at radius 3 is 2.57 bits per heavy atom. The van der Waals surface area contributed by atoms with Gasteiger partial charge in [0.15, 0.2) is 0 Å². The van der Waals surface area contributed by atoms with Gasteiger partial charge in [0.25, 0.3) is 0 Å². The Morgan fingerprint density at radius 1 is 1.71 bits per heavy atom. The van der Waals surface area contributed by atoms with Gasteiger partial charge in [-0.15, -0.1) is 7.05 Å². The first-order valence-corrected chi connectivity index (χ1v) is 4.05. The molecule has 0 spiro atoms. The predicted octanol–water partition coefficient (Wildman–Crippen LogP) is -0.318. The van der Waals surface area contributed by atoms with Crippen molar-refractivity contribution in [2.24, 2.45) is 0 Å². The fourth-order valence-corrected chi connectivity index (χ4v) is 1.95. The average molecular weight is 117 g/mol. The highest BCUT2D eigenvalue weighted by atomic mass is 32.2. The van der Waals surface area contributed by atoms with Crippen molar-refractivity contribution < 1.29 is 4.31 Å². The summed E-state index contributed by atoms with van der Waals surface area (Å²) in [5.74, 6) is 5.24. The van der Waals surface area contributed by atoms with Crippen LogP contribution in [0.2, 0.25) is 0 Å². The first-order valence-electron chi connectivity index (χ1n) is 2.49. The summed E-state index contributed by atoms with van der Waals surface area (Å²) >= 11 is 0. The van der Waals surface area contributed by atoms with Crippen molar-refractivity contribution in [1.29, 1.82) is 0 Å². The number of nitrogens with one attached hydrogen (secondary N) is 1. The fourth-order valence-electron chi connectivity index (χ4n) is 0.732. The minimum Gasteiger partial charge on any atom is -0.414 e. The number of quaternary nitrogens is 1. The van der Waals surface area contributed by atoms with Crippen LogP contribution < -0.4 is 4.31 Å². The van der Waals surface area contributed by atoms with Gasteiger partial charge in [0.2, 0.25) is 0 Å². The summed E-state index contributed by atoms with van der Waals surface area (Å²) in [7, 11) is 4.22. The largest absolute Gasteiger partial charge is 0.414 e. The molecule has 1 N–H and O–H groups in total. The molecule has 2 heteroatoms. The SMILES string of the molecule is C=S1CCC[NH+]1[CH2-]. The van der Waals surface area contributed by atoms with Gasteiger partial charge in [-0.2, -0.15) is 0 Å². The average Bonchev–Trinajstić information content (AvgIpc) is 1.91. The van der Waals surface area contributed by atoms with Crippen LogP contribution in [0.25, 0.3) is 0 Å². The molecule has 1 aliphatic heterocycles. The molecule has 2 atom stereocenters. The van der Waals surface area contributed by atoms with Crippen LogP contribution in [-0.2, 0) is 0 Å². The summed E-state index contributed by atoms with van der Waals surface area (Å²) in [5.41, 5.74) is 0. The predicted molar refractivity (Wildman–Crippen MR) is 35.4 cm³/mol. The lowest BCUT2D eigenvalue weighted by Crippen LogP contribution is -2.98. The maximum atomic E-state index is 3.95. The molecule has 0 bridgehead atoms. The van der Waals surface area contributed by atoms with Crippen LogP contribution in [0.5, 0.6) is 0 Å². The van der Waals surface area contributed by atoms with Gasteiger partial charge >= 0.3 is 0 Å². The molecule has 0 aromatic heterocycles. The fraction of sp³-hybridized carbons (Fsp3) is 0.600. The summed E-state index contributed by atoms with van der Waals surface area (Å²) in [4.78, 5) is 0. The molecular weight excluding hydrogens is 106 g/mol. The van der Waals surface area contributed by atoms with Crippen molar-refractivity contribution in [2.45, 2.75) is 6.42 Å². The lowest BCUT2D eigenvalue weighted by molar-refractivity contribution is -0.695. The highest BCUT2D eigenvalue weighted by molar-refractivity contribution is 8.08. The maximum Gasteiger partial charge on any atom is 0.0637 e. The quantitative estimate of drug-likeness (QED) is 0.328. The Balaban J connectivity index is 2.48. The van der Waals surface area contributed by atoms with Crippen molar-refractivity contribution in [3.8, 4) is 0 Å². The summed E-state index contributed by atoms with van der Waals surface area (Å²) in [6.45, 7) is 1.23. The minimum atomic E-state index is 0.338.